The van der Waals surface area contributed by atoms with E-state index in [0.29, 0.717) is 12.0 Å². The van der Waals surface area contributed by atoms with Gasteiger partial charge in [0.15, 0.2) is 0 Å². The number of piperidine rings is 1. The topological polar surface area (TPSA) is 12.0 Å². The average molecular weight is 152 g/mol. The molecule has 2 rings (SSSR count). The van der Waals surface area contributed by atoms with Crippen LogP contribution in [-0.2, 0) is 0 Å². The van der Waals surface area contributed by atoms with Crippen LogP contribution in [0.5, 0.6) is 0 Å². The Bertz CT molecular complexity index is 107. The molecule has 3 atom stereocenters. The summed E-state index contributed by atoms with van der Waals surface area (Å²) in [6, 6.07) is 0.523. The molecule has 0 spiro atoms. The molecule has 1 saturated heterocycles. The first-order valence-corrected chi connectivity index (χ1v) is 3.24. The van der Waals surface area contributed by atoms with Crippen LogP contribution in [0.3, 0.4) is 0 Å². The summed E-state index contributed by atoms with van der Waals surface area (Å²) in [6.45, 7) is 0.922. The second kappa shape index (κ2) is 2.43. The van der Waals surface area contributed by atoms with Crippen LogP contribution in [0, 0.1) is 5.92 Å². The minimum absolute atomic E-state index is 0. The minimum Gasteiger partial charge on any atom is -0.313 e. The van der Waals surface area contributed by atoms with Crippen molar-refractivity contribution in [3.8, 4) is 0 Å². The van der Waals surface area contributed by atoms with Crippen molar-refractivity contribution in [3.05, 3.63) is 0 Å². The lowest BCUT2D eigenvalue weighted by Crippen LogP contribution is -2.30. The lowest BCUT2D eigenvalue weighted by atomic mass is 10.1. The van der Waals surface area contributed by atoms with Crippen molar-refractivity contribution < 1.29 is 4.39 Å². The third-order valence-electron chi connectivity index (χ3n) is 2.28. The van der Waals surface area contributed by atoms with Crippen LogP contribution in [0.4, 0.5) is 4.39 Å². The van der Waals surface area contributed by atoms with Crippen LogP contribution in [0.2, 0.25) is 0 Å². The number of nitrogens with one attached hydrogen (secondary N) is 1. The van der Waals surface area contributed by atoms with Crippen LogP contribution >= 0.6 is 12.4 Å². The number of rotatable bonds is 0. The maximum absolute atomic E-state index is 12.6. The molecule has 0 aromatic heterocycles. The molecule has 9 heavy (non-hydrogen) atoms. The molecule has 2 aliphatic rings. The van der Waals surface area contributed by atoms with E-state index in [1.807, 2.05) is 0 Å². The number of fused-ring (bicyclic) bond motifs is 2. The van der Waals surface area contributed by atoms with Crippen LogP contribution in [0.15, 0.2) is 0 Å². The molecule has 0 radical (unpaired) electrons. The van der Waals surface area contributed by atoms with Crippen molar-refractivity contribution >= 4 is 12.4 Å². The first-order chi connectivity index (χ1) is 3.86. The van der Waals surface area contributed by atoms with Gasteiger partial charge >= 0.3 is 0 Å². The largest absolute Gasteiger partial charge is 0.313 e. The van der Waals surface area contributed by atoms with Gasteiger partial charge in [0, 0.05) is 18.5 Å². The van der Waals surface area contributed by atoms with Crippen molar-refractivity contribution in [1.82, 2.24) is 5.32 Å². The summed E-state index contributed by atoms with van der Waals surface area (Å²) in [7, 11) is 0. The van der Waals surface area contributed by atoms with Crippen LogP contribution in [0.1, 0.15) is 12.8 Å². The van der Waals surface area contributed by atoms with Crippen molar-refractivity contribution in [1.29, 1.82) is 0 Å². The molecule has 2 fully saturated rings. The van der Waals surface area contributed by atoms with Crippen LogP contribution in [0.25, 0.3) is 0 Å². The maximum Gasteiger partial charge on any atom is 0.106 e. The Kier molecular flexibility index (Phi) is 1.97. The Morgan fingerprint density at radius 3 is 2.33 bits per heavy atom. The van der Waals surface area contributed by atoms with E-state index in [-0.39, 0.29) is 12.4 Å². The number of hydrogen-bond donors (Lipinski definition) is 1. The zero-order valence-electron chi connectivity index (χ0n) is 5.14. The standard InChI is InChI=1S/C6H10FN.ClH/c7-6-2-5-1-4(6)3-8-5;/h4-6,8H,1-3H2;1H. The Morgan fingerprint density at radius 1 is 1.33 bits per heavy atom. The molecule has 0 amide bonds. The van der Waals surface area contributed by atoms with Gasteiger partial charge in [-0.25, -0.2) is 4.39 Å². The Morgan fingerprint density at radius 2 is 2.11 bits per heavy atom. The molecule has 1 aliphatic carbocycles. The van der Waals surface area contributed by atoms with Gasteiger partial charge in [-0.1, -0.05) is 0 Å². The normalized spacial score (nSPS) is 47.0. The molecule has 1 aliphatic heterocycles. The van der Waals surface area contributed by atoms with Gasteiger partial charge in [0.2, 0.25) is 0 Å². The van der Waals surface area contributed by atoms with Crippen molar-refractivity contribution in [2.75, 3.05) is 6.54 Å². The SMILES string of the molecule is Cl.FC1CC2CC1CN2. The quantitative estimate of drug-likeness (QED) is 0.548. The van der Waals surface area contributed by atoms with Gasteiger partial charge < -0.3 is 5.32 Å². The van der Waals surface area contributed by atoms with Crippen molar-refractivity contribution in [2.45, 2.75) is 25.1 Å². The highest BCUT2D eigenvalue weighted by Crippen LogP contribution is 2.32. The van der Waals surface area contributed by atoms with Crippen LogP contribution in [-0.4, -0.2) is 18.8 Å². The third-order valence-corrected chi connectivity index (χ3v) is 2.28. The number of alkyl halides is 1. The average Bonchev–Trinajstić information content (AvgIpc) is 2.23. The molecule has 2 bridgehead atoms. The van der Waals surface area contributed by atoms with E-state index >= 15 is 0 Å². The van der Waals surface area contributed by atoms with Crippen molar-refractivity contribution in [2.24, 2.45) is 5.92 Å². The van der Waals surface area contributed by atoms with Gasteiger partial charge in [-0.05, 0) is 12.8 Å². The molecule has 3 unspecified atom stereocenters. The van der Waals surface area contributed by atoms with E-state index in [0.717, 1.165) is 19.4 Å². The zero-order valence-corrected chi connectivity index (χ0v) is 5.96. The van der Waals surface area contributed by atoms with E-state index in [9.17, 15) is 4.39 Å². The molecule has 1 heterocycles. The molecule has 0 aromatic rings. The summed E-state index contributed by atoms with van der Waals surface area (Å²) in [4.78, 5) is 0. The third kappa shape index (κ3) is 1.06. The molecule has 1 N–H and O–H groups in total. The predicted octanol–water partition coefficient (Wildman–Crippen LogP) is 1.13. The summed E-state index contributed by atoms with van der Waals surface area (Å²) < 4.78 is 12.6. The second-order valence-electron chi connectivity index (χ2n) is 2.85. The van der Waals surface area contributed by atoms with Gasteiger partial charge in [0.1, 0.15) is 6.17 Å². The fourth-order valence-corrected chi connectivity index (χ4v) is 1.77. The van der Waals surface area contributed by atoms with Gasteiger partial charge in [-0.3, -0.25) is 0 Å². The van der Waals surface area contributed by atoms with Gasteiger partial charge in [0.25, 0.3) is 0 Å². The highest BCUT2D eigenvalue weighted by atomic mass is 35.5. The number of hydrogen-bond acceptors (Lipinski definition) is 1. The second-order valence-corrected chi connectivity index (χ2v) is 2.85. The summed E-state index contributed by atoms with van der Waals surface area (Å²) in [6.07, 6.45) is 1.37. The van der Waals surface area contributed by atoms with E-state index in [1.165, 1.54) is 0 Å². The van der Waals surface area contributed by atoms with Crippen LogP contribution < -0.4 is 5.32 Å². The van der Waals surface area contributed by atoms with E-state index < -0.39 is 6.17 Å². The minimum atomic E-state index is -0.485. The molecule has 3 heteroatoms. The molecule has 54 valence electrons. The van der Waals surface area contributed by atoms with E-state index in [4.69, 9.17) is 0 Å². The van der Waals surface area contributed by atoms with E-state index in [1.54, 1.807) is 0 Å². The summed E-state index contributed by atoms with van der Waals surface area (Å²) in [5.41, 5.74) is 0. The molecule has 0 aromatic carbocycles. The fourth-order valence-electron chi connectivity index (χ4n) is 1.77. The first-order valence-electron chi connectivity index (χ1n) is 3.24. The van der Waals surface area contributed by atoms with Gasteiger partial charge in [-0.2, -0.15) is 0 Å². The maximum atomic E-state index is 12.6. The molecule has 1 saturated carbocycles. The molecule has 1 nitrogen and oxygen atoms in total. The summed E-state index contributed by atoms with van der Waals surface area (Å²) in [5, 5.41) is 3.25. The highest BCUT2D eigenvalue weighted by molar-refractivity contribution is 5.85. The predicted molar refractivity (Wildman–Crippen MR) is 36.7 cm³/mol. The number of halogens is 2. The van der Waals surface area contributed by atoms with Gasteiger partial charge in [-0.15, -0.1) is 12.4 Å². The Balaban J connectivity index is 0.000000405. The first kappa shape index (κ1) is 7.29. The fraction of sp³-hybridized carbons (Fsp3) is 1.00. The van der Waals surface area contributed by atoms with Gasteiger partial charge in [0.05, 0.1) is 0 Å². The lowest BCUT2D eigenvalue weighted by molar-refractivity contribution is 0.242. The monoisotopic (exact) mass is 151 g/mol. The molecular weight excluding hydrogens is 141 g/mol. The van der Waals surface area contributed by atoms with Crippen molar-refractivity contribution in [3.63, 3.8) is 0 Å². The zero-order chi connectivity index (χ0) is 5.56. The smallest absolute Gasteiger partial charge is 0.106 e. The molecular formula is C6H11ClFN. The lowest BCUT2D eigenvalue weighted by Gasteiger charge is -2.13. The highest BCUT2D eigenvalue weighted by Gasteiger charge is 2.39. The van der Waals surface area contributed by atoms with E-state index in [2.05, 4.69) is 5.32 Å². The summed E-state index contributed by atoms with van der Waals surface area (Å²) >= 11 is 0. The Labute approximate surface area is 60.4 Å². The Hall–Kier alpha value is 0.180. The summed E-state index contributed by atoms with van der Waals surface area (Å²) in [5.74, 6) is 0.361.